The van der Waals surface area contributed by atoms with Gasteiger partial charge in [0.2, 0.25) is 5.58 Å². The van der Waals surface area contributed by atoms with Crippen LogP contribution in [-0.2, 0) is 0 Å². The van der Waals surface area contributed by atoms with E-state index in [4.69, 9.17) is 4.42 Å². The molecule has 60 valence electrons. The summed E-state index contributed by atoms with van der Waals surface area (Å²) in [5, 5.41) is 0.546. The van der Waals surface area contributed by atoms with Crippen molar-refractivity contribution in [1.29, 1.82) is 0 Å². The van der Waals surface area contributed by atoms with E-state index in [0.717, 1.165) is 0 Å². The van der Waals surface area contributed by atoms with Crippen LogP contribution in [0.1, 0.15) is 5.89 Å². The number of hydrogen-bond acceptors (Lipinski definition) is 2. The number of rotatable bonds is 0. The maximum atomic E-state index is 11.2. The van der Waals surface area contributed by atoms with Gasteiger partial charge < -0.3 is 4.42 Å². The summed E-state index contributed by atoms with van der Waals surface area (Å²) in [4.78, 5) is 13.7. The standard InChI is InChI=1S/C9H7NO2/c1-6-10-9(11)7-4-2-3-5-8(7)12-6/h2-5H,1H2,(H,10,11). The summed E-state index contributed by atoms with van der Waals surface area (Å²) in [5.74, 6) is 0.277. The Morgan fingerprint density at radius 2 is 2.17 bits per heavy atom. The second kappa shape index (κ2) is 2.37. The smallest absolute Gasteiger partial charge is 0.360 e. The van der Waals surface area contributed by atoms with E-state index in [9.17, 15) is 4.79 Å². The summed E-state index contributed by atoms with van der Waals surface area (Å²) in [6.45, 7) is 3.51. The molecule has 0 atom stereocenters. The van der Waals surface area contributed by atoms with Crippen LogP contribution < -0.4 is 5.56 Å². The molecule has 0 unspecified atom stereocenters. The Morgan fingerprint density at radius 1 is 1.42 bits per heavy atom. The first kappa shape index (κ1) is 6.91. The van der Waals surface area contributed by atoms with Gasteiger partial charge in [-0.1, -0.05) is 6.07 Å². The first-order valence-electron chi connectivity index (χ1n) is 3.54. The molecule has 1 aromatic heterocycles. The minimum Gasteiger partial charge on any atom is -0.360 e. The van der Waals surface area contributed by atoms with Crippen molar-refractivity contribution < 1.29 is 4.42 Å². The Labute approximate surface area is 68.7 Å². The highest BCUT2D eigenvalue weighted by atomic mass is 16.3. The lowest BCUT2D eigenvalue weighted by Gasteiger charge is -1.91. The molecule has 1 heterocycles. The average molecular weight is 161 g/mol. The molecule has 0 spiro atoms. The van der Waals surface area contributed by atoms with Crippen molar-refractivity contribution in [2.24, 2.45) is 0 Å². The van der Waals surface area contributed by atoms with Gasteiger partial charge in [-0.3, -0.25) is 6.92 Å². The van der Waals surface area contributed by atoms with Crippen molar-refractivity contribution in [3.05, 3.63) is 47.4 Å². The van der Waals surface area contributed by atoms with Gasteiger partial charge in [0.15, 0.2) is 5.39 Å². The van der Waals surface area contributed by atoms with Gasteiger partial charge in [0.1, 0.15) is 5.89 Å². The number of hydrogen-bond donors (Lipinski definition) is 1. The van der Waals surface area contributed by atoms with E-state index in [1.807, 2.05) is 6.07 Å². The van der Waals surface area contributed by atoms with Gasteiger partial charge in [0.25, 0.3) is 0 Å². The molecule has 1 N–H and O–H groups in total. The molecule has 0 amide bonds. The largest absolute Gasteiger partial charge is 0.367 e. The first-order valence-corrected chi connectivity index (χ1v) is 3.54. The normalized spacial score (nSPS) is 10.3. The molecule has 0 saturated carbocycles. The third-order valence-electron chi connectivity index (χ3n) is 1.62. The Bertz CT molecular complexity index is 473. The lowest BCUT2D eigenvalue weighted by Crippen LogP contribution is -2.06. The highest BCUT2D eigenvalue weighted by molar-refractivity contribution is 5.74. The minimum absolute atomic E-state index is 0.165. The first-order chi connectivity index (χ1) is 5.77. The van der Waals surface area contributed by atoms with Crippen LogP contribution in [0, 0.1) is 6.92 Å². The topological polar surface area (TPSA) is 46.0 Å². The van der Waals surface area contributed by atoms with E-state index in [-0.39, 0.29) is 11.4 Å². The number of H-pyrrole nitrogens is 1. The van der Waals surface area contributed by atoms with Crippen molar-refractivity contribution in [3.8, 4) is 0 Å². The van der Waals surface area contributed by atoms with Crippen LogP contribution in [0.4, 0.5) is 0 Å². The number of fused-ring (bicyclic) bond motifs is 1. The van der Waals surface area contributed by atoms with Gasteiger partial charge in [-0.2, -0.15) is 4.79 Å². The van der Waals surface area contributed by atoms with E-state index < -0.39 is 0 Å². The Morgan fingerprint density at radius 3 is 3.00 bits per heavy atom. The van der Waals surface area contributed by atoms with E-state index in [1.165, 1.54) is 0 Å². The molecule has 0 aliphatic heterocycles. The molecule has 0 aliphatic rings. The summed E-state index contributed by atoms with van der Waals surface area (Å²) >= 11 is 0. The summed E-state index contributed by atoms with van der Waals surface area (Å²) in [7, 11) is 0. The van der Waals surface area contributed by atoms with Crippen LogP contribution >= 0.6 is 0 Å². The van der Waals surface area contributed by atoms with E-state index in [2.05, 4.69) is 11.9 Å². The maximum absolute atomic E-state index is 11.2. The van der Waals surface area contributed by atoms with Gasteiger partial charge in [0.05, 0.1) is 0 Å². The lowest BCUT2D eigenvalue weighted by atomic mass is 10.2. The number of aromatic amines is 1. The quantitative estimate of drug-likeness (QED) is 0.596. The highest BCUT2D eigenvalue weighted by Crippen LogP contribution is 2.08. The van der Waals surface area contributed by atoms with Crippen molar-refractivity contribution >= 4 is 11.0 Å². The fraction of sp³-hybridized carbons (Fsp3) is 0. The lowest BCUT2D eigenvalue weighted by molar-refractivity contribution is 0.553. The van der Waals surface area contributed by atoms with E-state index in [0.29, 0.717) is 11.0 Å². The van der Waals surface area contributed by atoms with Gasteiger partial charge in [0, 0.05) is 6.07 Å². The van der Waals surface area contributed by atoms with Crippen LogP contribution in [0.5, 0.6) is 0 Å². The van der Waals surface area contributed by atoms with Crippen molar-refractivity contribution in [3.63, 3.8) is 0 Å². The SMILES string of the molecule is [CH2-][c+]1[nH]c(=O)c2ccccc2o1. The van der Waals surface area contributed by atoms with Crippen LogP contribution in [0.15, 0.2) is 33.5 Å². The predicted molar refractivity (Wildman–Crippen MR) is 45.7 cm³/mol. The Balaban J connectivity index is 2.99. The molecule has 12 heavy (non-hydrogen) atoms. The molecular weight excluding hydrogens is 154 g/mol. The summed E-state index contributed by atoms with van der Waals surface area (Å²) in [6, 6.07) is 7.04. The zero-order chi connectivity index (χ0) is 8.55. The molecule has 2 rings (SSSR count). The zero-order valence-corrected chi connectivity index (χ0v) is 6.33. The number of nitrogens with one attached hydrogen (secondary N) is 1. The van der Waals surface area contributed by atoms with Crippen LogP contribution in [-0.4, -0.2) is 4.98 Å². The summed E-state index contributed by atoms with van der Waals surface area (Å²) in [6.07, 6.45) is 0. The van der Waals surface area contributed by atoms with Gasteiger partial charge in [-0.15, -0.1) is 0 Å². The molecule has 2 aromatic rings. The number of para-hydroxylation sites is 1. The number of benzene rings is 1. The molecule has 3 heteroatoms. The minimum atomic E-state index is -0.165. The molecule has 0 bridgehead atoms. The molecule has 0 saturated heterocycles. The van der Waals surface area contributed by atoms with E-state index >= 15 is 0 Å². The summed E-state index contributed by atoms with van der Waals surface area (Å²) in [5.41, 5.74) is 0.396. The van der Waals surface area contributed by atoms with Crippen LogP contribution in [0.25, 0.3) is 11.0 Å². The van der Waals surface area contributed by atoms with E-state index in [1.54, 1.807) is 18.2 Å². The molecule has 0 fully saturated rings. The third kappa shape index (κ3) is 0.955. The van der Waals surface area contributed by atoms with Gasteiger partial charge >= 0.3 is 5.56 Å². The fourth-order valence-electron chi connectivity index (χ4n) is 1.10. The van der Waals surface area contributed by atoms with Crippen LogP contribution in [0.3, 0.4) is 0 Å². The highest BCUT2D eigenvalue weighted by Gasteiger charge is 2.06. The molecule has 1 aromatic carbocycles. The predicted octanol–water partition coefficient (Wildman–Crippen LogP) is 1.58. The Hall–Kier alpha value is -1.77. The molecular formula is C9H7NO2. The van der Waals surface area contributed by atoms with Crippen molar-refractivity contribution in [2.45, 2.75) is 0 Å². The molecule has 0 aliphatic carbocycles. The van der Waals surface area contributed by atoms with Crippen molar-refractivity contribution in [1.82, 2.24) is 4.98 Å². The monoisotopic (exact) mass is 161 g/mol. The second-order valence-corrected chi connectivity index (χ2v) is 2.48. The Kier molecular flexibility index (Phi) is 1.37. The zero-order valence-electron chi connectivity index (χ0n) is 6.33. The third-order valence-corrected chi connectivity index (χ3v) is 1.62. The summed E-state index contributed by atoms with van der Waals surface area (Å²) < 4.78 is 5.18. The average Bonchev–Trinajstić information content (AvgIpc) is 2.04. The van der Waals surface area contributed by atoms with Gasteiger partial charge in [-0.05, 0) is 12.1 Å². The van der Waals surface area contributed by atoms with Crippen molar-refractivity contribution in [2.75, 3.05) is 0 Å². The maximum Gasteiger partial charge on any atom is 0.367 e. The van der Waals surface area contributed by atoms with Crippen LogP contribution in [0.2, 0.25) is 0 Å². The second-order valence-electron chi connectivity index (χ2n) is 2.48. The van der Waals surface area contributed by atoms with Gasteiger partial charge in [-0.25, -0.2) is 4.98 Å². The molecule has 0 radical (unpaired) electrons. The molecule has 3 nitrogen and oxygen atoms in total. The number of aromatic nitrogens is 1. The fourth-order valence-corrected chi connectivity index (χ4v) is 1.10.